The highest BCUT2D eigenvalue weighted by atomic mass is 16.5. The number of hydrogen-bond donors (Lipinski definition) is 2. The maximum atomic E-state index is 5.26. The van der Waals surface area contributed by atoms with E-state index in [0.717, 1.165) is 17.0 Å². The maximum absolute atomic E-state index is 5.26. The van der Waals surface area contributed by atoms with Crippen LogP contribution in [0.3, 0.4) is 0 Å². The van der Waals surface area contributed by atoms with Gasteiger partial charge in [-0.15, -0.1) is 0 Å². The molecule has 0 fully saturated rings. The average Bonchev–Trinajstić information content (AvgIpc) is 2.38. The maximum Gasteiger partial charge on any atom is 0.237 e. The molecule has 5 heteroatoms. The smallest absolute Gasteiger partial charge is 0.237 e. The van der Waals surface area contributed by atoms with Gasteiger partial charge in [0.25, 0.3) is 0 Å². The number of benzene rings is 1. The Morgan fingerprint density at radius 2 is 2.06 bits per heavy atom. The minimum absolute atomic E-state index is 0.378. The zero-order chi connectivity index (χ0) is 11.4. The molecule has 0 aliphatic rings. The highest BCUT2D eigenvalue weighted by molar-refractivity contribution is 5.67. The summed E-state index contributed by atoms with van der Waals surface area (Å²) in [7, 11) is 1.63. The Hall–Kier alpha value is -2.14. The van der Waals surface area contributed by atoms with E-state index in [0.29, 0.717) is 5.95 Å². The van der Waals surface area contributed by atoms with Crippen molar-refractivity contribution < 1.29 is 4.74 Å². The molecule has 0 amide bonds. The molecule has 1 aromatic carbocycles. The number of anilines is 1. The van der Waals surface area contributed by atoms with Crippen molar-refractivity contribution in [3.05, 3.63) is 36.5 Å². The number of hydrogen-bond acceptors (Lipinski definition) is 5. The first-order valence-corrected chi connectivity index (χ1v) is 4.78. The van der Waals surface area contributed by atoms with E-state index < -0.39 is 0 Å². The van der Waals surface area contributed by atoms with Crippen molar-refractivity contribution >= 4 is 5.95 Å². The fourth-order valence-electron chi connectivity index (χ4n) is 1.43. The molecule has 0 saturated heterocycles. The van der Waals surface area contributed by atoms with Crippen LogP contribution < -0.4 is 16.0 Å². The van der Waals surface area contributed by atoms with Crippen LogP contribution in [0.5, 0.6) is 5.75 Å². The topological polar surface area (TPSA) is 73.1 Å². The van der Waals surface area contributed by atoms with Gasteiger partial charge in [0.15, 0.2) is 0 Å². The predicted octanol–water partition coefficient (Wildman–Crippen LogP) is 1.44. The Bertz CT molecular complexity index is 487. The van der Waals surface area contributed by atoms with E-state index >= 15 is 0 Å². The van der Waals surface area contributed by atoms with Gasteiger partial charge in [-0.1, -0.05) is 12.1 Å². The SMILES string of the molecule is COc1ccccc1-c1ccnc(NN)n1. The largest absolute Gasteiger partial charge is 0.496 e. The number of hydrazine groups is 1. The van der Waals surface area contributed by atoms with E-state index in [1.165, 1.54) is 0 Å². The zero-order valence-electron chi connectivity index (χ0n) is 8.84. The van der Waals surface area contributed by atoms with Gasteiger partial charge in [-0.25, -0.2) is 15.8 Å². The molecule has 1 heterocycles. The van der Waals surface area contributed by atoms with Crippen LogP contribution in [-0.4, -0.2) is 17.1 Å². The van der Waals surface area contributed by atoms with Crippen molar-refractivity contribution in [3.63, 3.8) is 0 Å². The molecule has 16 heavy (non-hydrogen) atoms. The summed E-state index contributed by atoms with van der Waals surface area (Å²) in [6, 6.07) is 9.45. The van der Waals surface area contributed by atoms with Crippen LogP contribution in [0, 0.1) is 0 Å². The molecule has 0 spiro atoms. The summed E-state index contributed by atoms with van der Waals surface area (Å²) in [6.45, 7) is 0. The van der Waals surface area contributed by atoms with Crippen LogP contribution in [0.4, 0.5) is 5.95 Å². The molecule has 0 radical (unpaired) electrons. The molecule has 5 nitrogen and oxygen atoms in total. The Labute approximate surface area is 93.3 Å². The number of methoxy groups -OCH3 is 1. The number of para-hydroxylation sites is 1. The van der Waals surface area contributed by atoms with Crippen molar-refractivity contribution in [2.75, 3.05) is 12.5 Å². The monoisotopic (exact) mass is 216 g/mol. The highest BCUT2D eigenvalue weighted by Gasteiger charge is 2.06. The Morgan fingerprint density at radius 3 is 2.81 bits per heavy atom. The van der Waals surface area contributed by atoms with E-state index in [1.54, 1.807) is 19.4 Å². The molecular formula is C11H12N4O. The van der Waals surface area contributed by atoms with Crippen molar-refractivity contribution in [2.24, 2.45) is 5.84 Å². The number of aromatic nitrogens is 2. The molecule has 82 valence electrons. The Kier molecular flexibility index (Phi) is 2.98. The molecule has 0 bridgehead atoms. The summed E-state index contributed by atoms with van der Waals surface area (Å²) < 4.78 is 5.26. The first-order chi connectivity index (χ1) is 7.85. The second kappa shape index (κ2) is 4.59. The minimum Gasteiger partial charge on any atom is -0.496 e. The summed E-state index contributed by atoms with van der Waals surface area (Å²) in [6.07, 6.45) is 1.64. The number of ether oxygens (including phenoxy) is 1. The molecule has 0 aliphatic heterocycles. The lowest BCUT2D eigenvalue weighted by Gasteiger charge is -2.07. The Balaban J connectivity index is 2.49. The molecule has 2 aromatic rings. The minimum atomic E-state index is 0.378. The first-order valence-electron chi connectivity index (χ1n) is 4.78. The summed E-state index contributed by atoms with van der Waals surface area (Å²) in [5, 5.41) is 0. The van der Waals surface area contributed by atoms with E-state index in [9.17, 15) is 0 Å². The second-order valence-electron chi connectivity index (χ2n) is 3.11. The second-order valence-corrected chi connectivity index (χ2v) is 3.11. The Morgan fingerprint density at radius 1 is 1.25 bits per heavy atom. The third kappa shape index (κ3) is 1.94. The van der Waals surface area contributed by atoms with Crippen LogP contribution in [0.2, 0.25) is 0 Å². The number of nitrogens with one attached hydrogen (secondary N) is 1. The molecule has 0 aliphatic carbocycles. The molecular weight excluding hydrogens is 204 g/mol. The van der Waals surface area contributed by atoms with Gasteiger partial charge in [0, 0.05) is 11.8 Å². The van der Waals surface area contributed by atoms with Gasteiger partial charge in [-0.2, -0.15) is 0 Å². The van der Waals surface area contributed by atoms with Crippen LogP contribution >= 0.6 is 0 Å². The molecule has 0 saturated carbocycles. The summed E-state index contributed by atoms with van der Waals surface area (Å²) in [5.74, 6) is 6.41. The van der Waals surface area contributed by atoms with Crippen molar-refractivity contribution in [3.8, 4) is 17.0 Å². The van der Waals surface area contributed by atoms with E-state index in [2.05, 4.69) is 15.4 Å². The molecule has 1 aromatic heterocycles. The molecule has 2 rings (SSSR count). The first kappa shape index (κ1) is 10.4. The molecule has 0 unspecified atom stereocenters. The van der Waals surface area contributed by atoms with Gasteiger partial charge in [-0.05, 0) is 18.2 Å². The summed E-state index contributed by atoms with van der Waals surface area (Å²) in [4.78, 5) is 8.19. The van der Waals surface area contributed by atoms with Gasteiger partial charge >= 0.3 is 0 Å². The fourth-order valence-corrected chi connectivity index (χ4v) is 1.43. The van der Waals surface area contributed by atoms with Crippen molar-refractivity contribution in [1.29, 1.82) is 0 Å². The van der Waals surface area contributed by atoms with E-state index in [-0.39, 0.29) is 0 Å². The number of nitrogens with two attached hydrogens (primary N) is 1. The van der Waals surface area contributed by atoms with Gasteiger partial charge < -0.3 is 4.74 Å². The lowest BCUT2D eigenvalue weighted by molar-refractivity contribution is 0.416. The van der Waals surface area contributed by atoms with Crippen LogP contribution in [-0.2, 0) is 0 Å². The van der Waals surface area contributed by atoms with Gasteiger partial charge in [0.05, 0.1) is 12.8 Å². The number of nitrogen functional groups attached to an aromatic ring is 1. The summed E-state index contributed by atoms with van der Waals surface area (Å²) >= 11 is 0. The number of rotatable bonds is 3. The van der Waals surface area contributed by atoms with Gasteiger partial charge in [-0.3, -0.25) is 5.43 Å². The molecule has 0 atom stereocenters. The standard InChI is InChI=1S/C11H12N4O/c1-16-10-5-3-2-4-8(10)9-6-7-13-11(14-9)15-12/h2-7H,12H2,1H3,(H,13,14,15). The van der Waals surface area contributed by atoms with Crippen molar-refractivity contribution in [2.45, 2.75) is 0 Å². The highest BCUT2D eigenvalue weighted by Crippen LogP contribution is 2.27. The zero-order valence-corrected chi connectivity index (χ0v) is 8.84. The third-order valence-electron chi connectivity index (χ3n) is 2.17. The van der Waals surface area contributed by atoms with Gasteiger partial charge in [0.1, 0.15) is 5.75 Å². The third-order valence-corrected chi connectivity index (χ3v) is 2.17. The van der Waals surface area contributed by atoms with Crippen LogP contribution in [0.15, 0.2) is 36.5 Å². The predicted molar refractivity (Wildman–Crippen MR) is 61.8 cm³/mol. The number of nitrogens with zero attached hydrogens (tertiary/aromatic N) is 2. The van der Waals surface area contributed by atoms with E-state index in [1.807, 2.05) is 24.3 Å². The van der Waals surface area contributed by atoms with E-state index in [4.69, 9.17) is 10.6 Å². The van der Waals surface area contributed by atoms with Crippen LogP contribution in [0.1, 0.15) is 0 Å². The quantitative estimate of drug-likeness (QED) is 0.600. The van der Waals surface area contributed by atoms with Crippen molar-refractivity contribution in [1.82, 2.24) is 9.97 Å². The summed E-state index contributed by atoms with van der Waals surface area (Å²) in [5.41, 5.74) is 4.08. The van der Waals surface area contributed by atoms with Gasteiger partial charge in [0.2, 0.25) is 5.95 Å². The average molecular weight is 216 g/mol. The lowest BCUT2D eigenvalue weighted by Crippen LogP contribution is -2.10. The normalized spacial score (nSPS) is 9.88. The molecule has 3 N–H and O–H groups in total. The lowest BCUT2D eigenvalue weighted by atomic mass is 10.1. The fraction of sp³-hybridized carbons (Fsp3) is 0.0909. The van der Waals surface area contributed by atoms with Crippen LogP contribution in [0.25, 0.3) is 11.3 Å².